The zero-order valence-corrected chi connectivity index (χ0v) is 15.9. The summed E-state index contributed by atoms with van der Waals surface area (Å²) < 4.78 is 16.8. The first-order valence-corrected chi connectivity index (χ1v) is 9.22. The van der Waals surface area contributed by atoms with Gasteiger partial charge in [-0.1, -0.05) is 24.3 Å². The molecule has 1 aromatic heterocycles. The number of carbonyl (C=O) groups excluding carboxylic acids is 2. The van der Waals surface area contributed by atoms with E-state index >= 15 is 0 Å². The molecule has 1 aliphatic heterocycles. The second kappa shape index (κ2) is 6.97. The molecule has 0 saturated heterocycles. The molecule has 4 aromatic rings. The Morgan fingerprint density at radius 3 is 2.73 bits per heavy atom. The van der Waals surface area contributed by atoms with Crippen molar-refractivity contribution in [3.63, 3.8) is 0 Å². The number of hydrogen-bond donors (Lipinski definition) is 2. The minimum Gasteiger partial charge on any atom is -0.493 e. The highest BCUT2D eigenvalue weighted by molar-refractivity contribution is 6.10. The van der Waals surface area contributed by atoms with Crippen LogP contribution in [-0.4, -0.2) is 18.9 Å². The Balaban J connectivity index is 1.43. The first kappa shape index (κ1) is 17.8. The van der Waals surface area contributed by atoms with E-state index in [0.717, 1.165) is 5.39 Å². The molecule has 2 heterocycles. The van der Waals surface area contributed by atoms with E-state index in [1.807, 2.05) is 24.3 Å². The van der Waals surface area contributed by atoms with Crippen molar-refractivity contribution in [3.8, 4) is 17.2 Å². The van der Waals surface area contributed by atoms with Crippen LogP contribution in [-0.2, 0) is 0 Å². The number of anilines is 2. The monoisotopic (exact) mass is 400 g/mol. The summed E-state index contributed by atoms with van der Waals surface area (Å²) >= 11 is 0. The number of rotatable bonds is 3. The van der Waals surface area contributed by atoms with Crippen LogP contribution in [0.15, 0.2) is 71.1 Å². The molecule has 148 valence electrons. The molecule has 0 unspecified atom stereocenters. The molecule has 3 aromatic carbocycles. The number of para-hydroxylation sites is 3. The molecule has 7 heteroatoms. The van der Waals surface area contributed by atoms with Gasteiger partial charge in [0.2, 0.25) is 0 Å². The van der Waals surface area contributed by atoms with E-state index in [0.29, 0.717) is 39.8 Å². The van der Waals surface area contributed by atoms with Crippen molar-refractivity contribution in [1.29, 1.82) is 0 Å². The molecular formula is C23H16N2O5. The number of furan rings is 1. The van der Waals surface area contributed by atoms with Crippen LogP contribution in [0.1, 0.15) is 20.9 Å². The minimum atomic E-state index is -0.438. The smallest absolute Gasteiger partial charge is 0.291 e. The number of fused-ring (bicyclic) bond motifs is 3. The number of benzene rings is 3. The SMILES string of the molecule is COc1cccc2cc(C(=O)Nc3ccc4c(c3)C(=O)Nc3ccccc3O4)oc12. The topological polar surface area (TPSA) is 89.8 Å². The van der Waals surface area contributed by atoms with Crippen molar-refractivity contribution in [2.75, 3.05) is 17.7 Å². The molecule has 0 aliphatic carbocycles. The molecule has 0 fully saturated rings. The van der Waals surface area contributed by atoms with Crippen LogP contribution in [0, 0.1) is 0 Å². The zero-order chi connectivity index (χ0) is 20.7. The van der Waals surface area contributed by atoms with E-state index in [-0.39, 0.29) is 11.7 Å². The fourth-order valence-electron chi connectivity index (χ4n) is 3.34. The Morgan fingerprint density at radius 1 is 1.00 bits per heavy atom. The molecule has 0 bridgehead atoms. The first-order chi connectivity index (χ1) is 14.6. The quantitative estimate of drug-likeness (QED) is 0.502. The van der Waals surface area contributed by atoms with E-state index in [1.54, 1.807) is 42.5 Å². The third kappa shape index (κ3) is 3.02. The van der Waals surface area contributed by atoms with Gasteiger partial charge in [-0.3, -0.25) is 9.59 Å². The van der Waals surface area contributed by atoms with Gasteiger partial charge in [-0.25, -0.2) is 0 Å². The number of methoxy groups -OCH3 is 1. The summed E-state index contributed by atoms with van der Waals surface area (Å²) in [6, 6.07) is 19.1. The summed E-state index contributed by atoms with van der Waals surface area (Å²) in [6.45, 7) is 0. The second-order valence-corrected chi connectivity index (χ2v) is 6.71. The van der Waals surface area contributed by atoms with Gasteiger partial charge in [0.1, 0.15) is 5.75 Å². The number of nitrogens with one attached hydrogen (secondary N) is 2. The molecule has 1 aliphatic rings. The molecule has 30 heavy (non-hydrogen) atoms. The predicted molar refractivity (Wildman–Crippen MR) is 112 cm³/mol. The van der Waals surface area contributed by atoms with Crippen molar-refractivity contribution in [2.45, 2.75) is 0 Å². The molecule has 0 saturated carbocycles. The van der Waals surface area contributed by atoms with Crippen LogP contribution < -0.4 is 20.1 Å². The molecule has 5 rings (SSSR count). The minimum absolute atomic E-state index is 0.137. The van der Waals surface area contributed by atoms with Crippen molar-refractivity contribution >= 4 is 34.2 Å². The van der Waals surface area contributed by atoms with Crippen LogP contribution in [0.2, 0.25) is 0 Å². The van der Waals surface area contributed by atoms with Crippen LogP contribution >= 0.6 is 0 Å². The molecule has 2 amide bonds. The molecular weight excluding hydrogens is 384 g/mol. The summed E-state index contributed by atoms with van der Waals surface area (Å²) in [7, 11) is 1.54. The number of hydrogen-bond acceptors (Lipinski definition) is 5. The fraction of sp³-hybridized carbons (Fsp3) is 0.0435. The van der Waals surface area contributed by atoms with Crippen molar-refractivity contribution < 1.29 is 23.5 Å². The van der Waals surface area contributed by atoms with Gasteiger partial charge in [-0.2, -0.15) is 0 Å². The predicted octanol–water partition coefficient (Wildman–Crippen LogP) is 5.05. The molecule has 0 radical (unpaired) electrons. The molecule has 7 nitrogen and oxygen atoms in total. The lowest BCUT2D eigenvalue weighted by molar-refractivity contribution is 0.0995. The summed E-state index contributed by atoms with van der Waals surface area (Å²) in [4.78, 5) is 25.3. The van der Waals surface area contributed by atoms with Crippen LogP contribution in [0.5, 0.6) is 17.2 Å². The van der Waals surface area contributed by atoms with E-state index in [4.69, 9.17) is 13.9 Å². The van der Waals surface area contributed by atoms with Gasteiger partial charge in [0.15, 0.2) is 22.8 Å². The molecule has 0 atom stereocenters. The van der Waals surface area contributed by atoms with Gasteiger partial charge in [-0.05, 0) is 42.5 Å². The average molecular weight is 400 g/mol. The normalized spacial score (nSPS) is 12.2. The summed E-state index contributed by atoms with van der Waals surface area (Å²) in [5, 5.41) is 6.33. The lowest BCUT2D eigenvalue weighted by Gasteiger charge is -2.09. The van der Waals surface area contributed by atoms with Gasteiger partial charge >= 0.3 is 0 Å². The Morgan fingerprint density at radius 2 is 1.87 bits per heavy atom. The standard InChI is InChI=1S/C23H16N2O5/c1-28-19-8-4-5-13-11-20(30-21(13)19)23(27)24-14-9-10-17-15(12-14)22(26)25-16-6-2-3-7-18(16)29-17/h2-12H,1H3,(H,24,27)(H,25,26). The summed E-state index contributed by atoms with van der Waals surface area (Å²) in [5.41, 5.74) is 1.84. The number of carbonyl (C=O) groups is 2. The lowest BCUT2D eigenvalue weighted by Crippen LogP contribution is -2.13. The van der Waals surface area contributed by atoms with Crippen LogP contribution in [0.4, 0.5) is 11.4 Å². The Hall–Kier alpha value is -4.26. The Bertz CT molecular complexity index is 1310. The molecule has 2 N–H and O–H groups in total. The van der Waals surface area contributed by atoms with Crippen molar-refractivity contribution in [1.82, 2.24) is 0 Å². The Kier molecular flexibility index (Phi) is 4.14. The Labute approximate surface area is 171 Å². The van der Waals surface area contributed by atoms with Gasteiger partial charge < -0.3 is 24.5 Å². The van der Waals surface area contributed by atoms with E-state index in [2.05, 4.69) is 10.6 Å². The van der Waals surface area contributed by atoms with Gasteiger partial charge in [-0.15, -0.1) is 0 Å². The highest BCUT2D eigenvalue weighted by Crippen LogP contribution is 2.36. The summed E-state index contributed by atoms with van der Waals surface area (Å²) in [6.07, 6.45) is 0. The zero-order valence-electron chi connectivity index (χ0n) is 15.9. The van der Waals surface area contributed by atoms with Crippen LogP contribution in [0.25, 0.3) is 11.0 Å². The van der Waals surface area contributed by atoms with Gasteiger partial charge in [0, 0.05) is 11.1 Å². The largest absolute Gasteiger partial charge is 0.493 e. The van der Waals surface area contributed by atoms with Crippen molar-refractivity contribution in [2.24, 2.45) is 0 Å². The first-order valence-electron chi connectivity index (χ1n) is 9.22. The third-order valence-corrected chi connectivity index (χ3v) is 4.79. The van der Waals surface area contributed by atoms with Crippen molar-refractivity contribution in [3.05, 3.63) is 78.1 Å². The van der Waals surface area contributed by atoms with Gasteiger partial charge in [0.05, 0.1) is 18.4 Å². The van der Waals surface area contributed by atoms with E-state index in [1.165, 1.54) is 7.11 Å². The second-order valence-electron chi connectivity index (χ2n) is 6.71. The third-order valence-electron chi connectivity index (χ3n) is 4.79. The number of amides is 2. The van der Waals surface area contributed by atoms with E-state index in [9.17, 15) is 9.59 Å². The maximum absolute atomic E-state index is 12.7. The maximum Gasteiger partial charge on any atom is 0.291 e. The lowest BCUT2D eigenvalue weighted by atomic mass is 10.1. The van der Waals surface area contributed by atoms with E-state index < -0.39 is 5.91 Å². The van der Waals surface area contributed by atoms with Crippen LogP contribution in [0.3, 0.4) is 0 Å². The maximum atomic E-state index is 12.7. The summed E-state index contributed by atoms with van der Waals surface area (Å²) in [5.74, 6) is 0.884. The highest BCUT2D eigenvalue weighted by atomic mass is 16.5. The highest BCUT2D eigenvalue weighted by Gasteiger charge is 2.22. The number of ether oxygens (including phenoxy) is 2. The average Bonchev–Trinajstić information content (AvgIpc) is 3.15. The fourth-order valence-corrected chi connectivity index (χ4v) is 3.34. The van der Waals surface area contributed by atoms with Gasteiger partial charge in [0.25, 0.3) is 11.8 Å². The molecule has 0 spiro atoms.